The first-order valence-electron chi connectivity index (χ1n) is 7.42. The largest absolute Gasteiger partial charge is 0.396 e. The lowest BCUT2D eigenvalue weighted by molar-refractivity contribution is 0.187. The van der Waals surface area contributed by atoms with Crippen molar-refractivity contribution in [2.24, 2.45) is 0 Å². The summed E-state index contributed by atoms with van der Waals surface area (Å²) in [6.45, 7) is 1.55. The minimum Gasteiger partial charge on any atom is -0.396 e. The molecule has 0 radical (unpaired) electrons. The first kappa shape index (κ1) is 16.4. The summed E-state index contributed by atoms with van der Waals surface area (Å²) in [5.41, 5.74) is 0.934. The Morgan fingerprint density at radius 3 is 2.62 bits per heavy atom. The molecular weight excluding hydrogens is 288 g/mol. The Bertz CT molecular complexity index is 543. The zero-order valence-electron chi connectivity index (χ0n) is 12.5. The number of likely N-dealkylation sites (N-methyl/N-ethyl adjacent to an activating group) is 1. The molecule has 1 heterocycles. The summed E-state index contributed by atoms with van der Waals surface area (Å²) >= 11 is 0. The highest BCUT2D eigenvalue weighted by Gasteiger charge is 2.21. The number of likely N-dealkylation sites (tertiary alicyclic amines) is 1. The predicted molar refractivity (Wildman–Crippen MR) is 82.7 cm³/mol. The van der Waals surface area contributed by atoms with Crippen molar-refractivity contribution in [3.63, 3.8) is 0 Å². The first-order valence-corrected chi connectivity index (χ1v) is 8.91. The minimum atomic E-state index is -3.45. The average molecular weight is 312 g/mol. The number of benzene rings is 1. The van der Waals surface area contributed by atoms with Gasteiger partial charge in [0.2, 0.25) is 10.0 Å². The molecule has 1 aliphatic heterocycles. The van der Waals surface area contributed by atoms with Crippen molar-refractivity contribution in [1.29, 1.82) is 0 Å². The van der Waals surface area contributed by atoms with Crippen LogP contribution in [0.25, 0.3) is 0 Å². The van der Waals surface area contributed by atoms with E-state index in [1.54, 1.807) is 24.3 Å². The molecule has 0 bridgehead atoms. The lowest BCUT2D eigenvalue weighted by atomic mass is 10.0. The fraction of sp³-hybridized carbons (Fsp3) is 0.600. The van der Waals surface area contributed by atoms with E-state index in [1.165, 1.54) is 6.42 Å². The normalized spacial score (nSPS) is 20.6. The van der Waals surface area contributed by atoms with Crippen LogP contribution in [0.1, 0.15) is 24.8 Å². The SMILES string of the molecule is CN1CCCCC1CNS(=O)(=O)c1ccc(CCO)cc1. The molecule has 1 atom stereocenters. The Morgan fingerprint density at radius 1 is 1.29 bits per heavy atom. The van der Waals surface area contributed by atoms with Crippen molar-refractivity contribution >= 4 is 10.0 Å². The fourth-order valence-corrected chi connectivity index (χ4v) is 3.73. The zero-order chi connectivity index (χ0) is 15.3. The van der Waals surface area contributed by atoms with Crippen LogP contribution in [0.5, 0.6) is 0 Å². The predicted octanol–water partition coefficient (Wildman–Crippen LogP) is 0.984. The van der Waals surface area contributed by atoms with E-state index in [0.717, 1.165) is 24.9 Å². The van der Waals surface area contributed by atoms with E-state index in [-0.39, 0.29) is 17.5 Å². The zero-order valence-corrected chi connectivity index (χ0v) is 13.3. The van der Waals surface area contributed by atoms with Gasteiger partial charge in [0.25, 0.3) is 0 Å². The highest BCUT2D eigenvalue weighted by atomic mass is 32.2. The van der Waals surface area contributed by atoms with Gasteiger partial charge in [0.15, 0.2) is 0 Å². The van der Waals surface area contributed by atoms with Crippen LogP contribution in [0.15, 0.2) is 29.2 Å². The Labute approximate surface area is 127 Å². The van der Waals surface area contributed by atoms with Crippen molar-refractivity contribution in [1.82, 2.24) is 9.62 Å². The number of rotatable bonds is 6. The summed E-state index contributed by atoms with van der Waals surface area (Å²) in [6.07, 6.45) is 3.92. The van der Waals surface area contributed by atoms with E-state index >= 15 is 0 Å². The highest BCUT2D eigenvalue weighted by molar-refractivity contribution is 7.89. The molecule has 0 spiro atoms. The van der Waals surface area contributed by atoms with Crippen LogP contribution < -0.4 is 4.72 Å². The maximum absolute atomic E-state index is 12.3. The molecule has 2 N–H and O–H groups in total. The van der Waals surface area contributed by atoms with Crippen molar-refractivity contribution < 1.29 is 13.5 Å². The molecule has 0 aromatic heterocycles. The van der Waals surface area contributed by atoms with Gasteiger partial charge in [-0.05, 0) is 50.6 Å². The number of sulfonamides is 1. The monoisotopic (exact) mass is 312 g/mol. The molecule has 6 heteroatoms. The Morgan fingerprint density at radius 2 is 2.00 bits per heavy atom. The summed E-state index contributed by atoms with van der Waals surface area (Å²) in [4.78, 5) is 2.50. The quantitative estimate of drug-likeness (QED) is 0.822. The van der Waals surface area contributed by atoms with Crippen LogP contribution in [0.4, 0.5) is 0 Å². The second-order valence-electron chi connectivity index (χ2n) is 5.60. The van der Waals surface area contributed by atoms with Crippen molar-refractivity contribution in [2.45, 2.75) is 36.6 Å². The van der Waals surface area contributed by atoms with E-state index in [0.29, 0.717) is 13.0 Å². The van der Waals surface area contributed by atoms with Gasteiger partial charge < -0.3 is 10.0 Å². The Hall–Kier alpha value is -0.950. The minimum absolute atomic E-state index is 0.0678. The van der Waals surface area contributed by atoms with Crippen LogP contribution >= 0.6 is 0 Å². The molecule has 118 valence electrons. The molecule has 21 heavy (non-hydrogen) atoms. The number of aliphatic hydroxyl groups is 1. The molecule has 1 aromatic carbocycles. The van der Waals surface area contributed by atoms with Crippen LogP contribution in [0.2, 0.25) is 0 Å². The van der Waals surface area contributed by atoms with Gasteiger partial charge in [-0.2, -0.15) is 0 Å². The van der Waals surface area contributed by atoms with Crippen LogP contribution in [-0.4, -0.2) is 51.2 Å². The van der Waals surface area contributed by atoms with Gasteiger partial charge in [-0.15, -0.1) is 0 Å². The highest BCUT2D eigenvalue weighted by Crippen LogP contribution is 2.16. The topological polar surface area (TPSA) is 69.6 Å². The van der Waals surface area contributed by atoms with E-state index in [4.69, 9.17) is 5.11 Å². The molecule has 1 aromatic rings. The summed E-state index contributed by atoms with van der Waals surface area (Å²) in [7, 11) is -1.41. The summed E-state index contributed by atoms with van der Waals surface area (Å²) in [5.74, 6) is 0. The summed E-state index contributed by atoms with van der Waals surface area (Å²) in [6, 6.07) is 6.97. The van der Waals surface area contributed by atoms with E-state index in [9.17, 15) is 8.42 Å². The smallest absolute Gasteiger partial charge is 0.240 e. The Balaban J connectivity index is 1.97. The molecule has 1 aliphatic rings. The number of aliphatic hydroxyl groups excluding tert-OH is 1. The molecule has 0 aliphatic carbocycles. The molecule has 1 unspecified atom stereocenters. The first-order chi connectivity index (χ1) is 10.0. The number of piperidine rings is 1. The maximum atomic E-state index is 12.3. The van der Waals surface area contributed by atoms with Gasteiger partial charge in [-0.1, -0.05) is 18.6 Å². The lowest BCUT2D eigenvalue weighted by Gasteiger charge is -2.32. The average Bonchev–Trinajstić information content (AvgIpc) is 2.47. The third-order valence-electron chi connectivity index (χ3n) is 4.06. The lowest BCUT2D eigenvalue weighted by Crippen LogP contribution is -2.44. The molecule has 2 rings (SSSR count). The number of hydrogen-bond acceptors (Lipinski definition) is 4. The molecule has 5 nitrogen and oxygen atoms in total. The van der Waals surface area contributed by atoms with Gasteiger partial charge in [0.05, 0.1) is 4.90 Å². The maximum Gasteiger partial charge on any atom is 0.240 e. The molecule has 0 saturated carbocycles. The third kappa shape index (κ3) is 4.51. The van der Waals surface area contributed by atoms with Crippen LogP contribution in [-0.2, 0) is 16.4 Å². The van der Waals surface area contributed by atoms with Crippen molar-refractivity contribution in [3.8, 4) is 0 Å². The molecular formula is C15H24N2O3S. The van der Waals surface area contributed by atoms with Crippen LogP contribution in [0.3, 0.4) is 0 Å². The van der Waals surface area contributed by atoms with Gasteiger partial charge >= 0.3 is 0 Å². The van der Waals surface area contributed by atoms with E-state index in [2.05, 4.69) is 9.62 Å². The Kier molecular flexibility index (Phi) is 5.75. The molecule has 1 saturated heterocycles. The summed E-state index contributed by atoms with van der Waals surface area (Å²) < 4.78 is 27.3. The standard InChI is InChI=1S/C15H24N2O3S/c1-17-10-3-2-4-14(17)12-16-21(19,20)15-7-5-13(6-8-15)9-11-18/h5-8,14,16,18H,2-4,9-12H2,1H3. The van der Waals surface area contributed by atoms with Gasteiger partial charge in [0.1, 0.15) is 0 Å². The number of nitrogens with zero attached hydrogens (tertiary/aromatic N) is 1. The second-order valence-corrected chi connectivity index (χ2v) is 7.37. The molecule has 1 fully saturated rings. The van der Waals surface area contributed by atoms with Gasteiger partial charge in [-0.3, -0.25) is 0 Å². The van der Waals surface area contributed by atoms with Gasteiger partial charge in [0, 0.05) is 19.2 Å². The van der Waals surface area contributed by atoms with Gasteiger partial charge in [-0.25, -0.2) is 13.1 Å². The van der Waals surface area contributed by atoms with Crippen LogP contribution in [0, 0.1) is 0 Å². The number of hydrogen-bond donors (Lipinski definition) is 2. The molecule has 0 amide bonds. The fourth-order valence-electron chi connectivity index (χ4n) is 2.66. The summed E-state index contributed by atoms with van der Waals surface area (Å²) in [5, 5.41) is 8.87. The number of nitrogens with one attached hydrogen (secondary N) is 1. The van der Waals surface area contributed by atoms with Crippen molar-refractivity contribution in [3.05, 3.63) is 29.8 Å². The van der Waals surface area contributed by atoms with E-state index < -0.39 is 10.0 Å². The van der Waals surface area contributed by atoms with E-state index in [1.807, 2.05) is 7.05 Å². The third-order valence-corrected chi connectivity index (χ3v) is 5.50. The second kappa shape index (κ2) is 7.35. The van der Waals surface area contributed by atoms with Crippen molar-refractivity contribution in [2.75, 3.05) is 26.7 Å².